The van der Waals surface area contributed by atoms with Crippen molar-refractivity contribution < 1.29 is 19.1 Å². The summed E-state index contributed by atoms with van der Waals surface area (Å²) >= 11 is 0. The van der Waals surface area contributed by atoms with Crippen LogP contribution >= 0.6 is 0 Å². The molecule has 0 aromatic carbocycles. The van der Waals surface area contributed by atoms with Crippen molar-refractivity contribution in [2.45, 2.75) is 85.5 Å². The lowest BCUT2D eigenvalue weighted by Gasteiger charge is -2.21. The third-order valence-electron chi connectivity index (χ3n) is 4.54. The zero-order valence-corrected chi connectivity index (χ0v) is 16.4. The van der Waals surface area contributed by atoms with E-state index in [9.17, 15) is 9.59 Å². The highest BCUT2D eigenvalue weighted by Crippen LogP contribution is 2.29. The van der Waals surface area contributed by atoms with Crippen LogP contribution in [0.25, 0.3) is 0 Å². The van der Waals surface area contributed by atoms with Crippen molar-refractivity contribution in [2.24, 2.45) is 0 Å². The van der Waals surface area contributed by atoms with Crippen molar-refractivity contribution in [1.82, 2.24) is 0 Å². The first-order valence-corrected chi connectivity index (χ1v) is 9.87. The molecule has 4 nitrogen and oxygen atoms in total. The van der Waals surface area contributed by atoms with Crippen LogP contribution in [-0.2, 0) is 19.1 Å². The summed E-state index contributed by atoms with van der Waals surface area (Å²) in [5, 5.41) is 0. The van der Waals surface area contributed by atoms with E-state index in [0.29, 0.717) is 30.8 Å². The molecule has 0 aromatic heterocycles. The summed E-state index contributed by atoms with van der Waals surface area (Å²) in [7, 11) is 0. The number of hydrogen-bond donors (Lipinski definition) is 0. The number of unbranched alkanes of at least 4 members (excludes halogenated alkanes) is 7. The normalized spacial score (nSPS) is 15.2. The molecule has 0 heterocycles. The lowest BCUT2D eigenvalue weighted by Crippen LogP contribution is -2.26. The average molecular weight is 350 g/mol. The Morgan fingerprint density at radius 1 is 0.680 bits per heavy atom. The Morgan fingerprint density at radius 3 is 1.68 bits per heavy atom. The largest absolute Gasteiger partial charge is 0.486 e. The molecule has 0 unspecified atom stereocenters. The van der Waals surface area contributed by atoms with Crippen molar-refractivity contribution >= 4 is 11.6 Å². The molecule has 0 N–H and O–H groups in total. The summed E-state index contributed by atoms with van der Waals surface area (Å²) in [6.07, 6.45) is 10.3. The monoisotopic (exact) mass is 350 g/mol. The number of rotatable bonds is 13. The molecule has 1 rings (SSSR count). The van der Waals surface area contributed by atoms with Crippen LogP contribution < -0.4 is 0 Å². The number of carbonyl (C=O) groups is 2. The van der Waals surface area contributed by atoms with Crippen molar-refractivity contribution in [1.29, 1.82) is 0 Å². The summed E-state index contributed by atoms with van der Waals surface area (Å²) in [6, 6.07) is 0. The molecule has 0 spiro atoms. The van der Waals surface area contributed by atoms with Gasteiger partial charge in [0.2, 0.25) is 23.1 Å². The quantitative estimate of drug-likeness (QED) is 0.335. The zero-order chi connectivity index (χ0) is 18.7. The fraction of sp³-hybridized carbons (Fsp3) is 0.714. The molecule has 142 valence electrons. The van der Waals surface area contributed by atoms with Gasteiger partial charge in [-0.3, -0.25) is 9.59 Å². The van der Waals surface area contributed by atoms with Crippen molar-refractivity contribution in [3.05, 3.63) is 22.7 Å². The van der Waals surface area contributed by atoms with Crippen LogP contribution in [0.15, 0.2) is 22.7 Å². The first-order chi connectivity index (χ1) is 12.1. The summed E-state index contributed by atoms with van der Waals surface area (Å²) < 4.78 is 10.8. The van der Waals surface area contributed by atoms with E-state index in [2.05, 4.69) is 6.92 Å². The van der Waals surface area contributed by atoms with Crippen LogP contribution in [-0.4, -0.2) is 24.8 Å². The Morgan fingerprint density at radius 2 is 1.16 bits per heavy atom. The van der Waals surface area contributed by atoms with Gasteiger partial charge in [0, 0.05) is 11.1 Å². The van der Waals surface area contributed by atoms with Gasteiger partial charge in [0.1, 0.15) is 0 Å². The maximum Gasteiger partial charge on any atom is 0.228 e. The van der Waals surface area contributed by atoms with Crippen molar-refractivity contribution in [2.75, 3.05) is 13.2 Å². The molecule has 0 saturated carbocycles. The maximum atomic E-state index is 12.7. The second-order valence-corrected chi connectivity index (χ2v) is 6.51. The highest BCUT2D eigenvalue weighted by molar-refractivity contribution is 6.23. The van der Waals surface area contributed by atoms with Crippen LogP contribution in [0.1, 0.15) is 85.5 Å². The smallest absolute Gasteiger partial charge is 0.228 e. The molecular weight excluding hydrogens is 316 g/mol. The molecule has 0 saturated heterocycles. The second-order valence-electron chi connectivity index (χ2n) is 6.51. The molecular formula is C21H34O4. The van der Waals surface area contributed by atoms with E-state index in [1.54, 1.807) is 20.8 Å². The molecule has 0 aromatic rings. The van der Waals surface area contributed by atoms with Gasteiger partial charge in [-0.15, -0.1) is 0 Å². The highest BCUT2D eigenvalue weighted by atomic mass is 16.5. The number of Topliss-reactive ketones (excluding diaryl/α,β-unsaturated/α-hetero) is 2. The molecule has 0 aliphatic heterocycles. The van der Waals surface area contributed by atoms with E-state index in [0.717, 1.165) is 12.8 Å². The van der Waals surface area contributed by atoms with Crippen LogP contribution in [0, 0.1) is 0 Å². The predicted molar refractivity (Wildman–Crippen MR) is 100 cm³/mol. The topological polar surface area (TPSA) is 52.6 Å². The lowest BCUT2D eigenvalue weighted by molar-refractivity contribution is -0.121. The fourth-order valence-electron chi connectivity index (χ4n) is 3.11. The molecule has 1 aliphatic carbocycles. The summed E-state index contributed by atoms with van der Waals surface area (Å²) in [5.41, 5.74) is 1.11. The van der Waals surface area contributed by atoms with Crippen LogP contribution in [0.4, 0.5) is 0 Å². The van der Waals surface area contributed by atoms with Gasteiger partial charge < -0.3 is 9.47 Å². The molecule has 4 heteroatoms. The minimum absolute atomic E-state index is 0.0755. The number of ketones is 2. The maximum absolute atomic E-state index is 12.7. The molecule has 25 heavy (non-hydrogen) atoms. The van der Waals surface area contributed by atoms with Gasteiger partial charge >= 0.3 is 0 Å². The Kier molecular flexibility index (Phi) is 10.2. The van der Waals surface area contributed by atoms with Gasteiger partial charge in [0.15, 0.2) is 0 Å². The Balaban J connectivity index is 2.59. The average Bonchev–Trinajstić information content (AvgIpc) is 2.61. The molecule has 0 atom stereocenters. The van der Waals surface area contributed by atoms with Gasteiger partial charge in [-0.05, 0) is 33.6 Å². The van der Waals surface area contributed by atoms with Gasteiger partial charge in [0.05, 0.1) is 13.2 Å². The van der Waals surface area contributed by atoms with E-state index >= 15 is 0 Å². The molecule has 1 aliphatic rings. The second kappa shape index (κ2) is 11.9. The minimum atomic E-state index is -0.209. The third kappa shape index (κ3) is 6.33. The molecule has 0 radical (unpaired) electrons. The van der Waals surface area contributed by atoms with Gasteiger partial charge in [-0.25, -0.2) is 0 Å². The van der Waals surface area contributed by atoms with E-state index in [1.807, 2.05) is 0 Å². The van der Waals surface area contributed by atoms with Gasteiger partial charge in [-0.2, -0.15) is 0 Å². The molecule has 0 bridgehead atoms. The van der Waals surface area contributed by atoms with Gasteiger partial charge in [0.25, 0.3) is 0 Å². The Hall–Kier alpha value is -1.58. The van der Waals surface area contributed by atoms with Crippen LogP contribution in [0.3, 0.4) is 0 Å². The number of allylic oxidation sites excluding steroid dienone is 2. The van der Waals surface area contributed by atoms with Crippen molar-refractivity contribution in [3.63, 3.8) is 0 Å². The van der Waals surface area contributed by atoms with Crippen LogP contribution in [0.5, 0.6) is 0 Å². The predicted octanol–water partition coefficient (Wildman–Crippen LogP) is 5.27. The lowest BCUT2D eigenvalue weighted by atomic mass is 9.89. The standard InChI is InChI=1S/C21H34O4/c1-5-8-9-10-11-12-13-14-15-17-16(4)18(22)20(24-6-2)21(19(17)23)25-7-3/h5-15H2,1-4H3. The minimum Gasteiger partial charge on any atom is -0.486 e. The van der Waals surface area contributed by atoms with E-state index in [4.69, 9.17) is 9.47 Å². The Labute approximate surface area is 152 Å². The summed E-state index contributed by atoms with van der Waals surface area (Å²) in [4.78, 5) is 25.2. The Bertz CT molecular complexity index is 514. The fourth-order valence-corrected chi connectivity index (χ4v) is 3.11. The van der Waals surface area contributed by atoms with Gasteiger partial charge in [-0.1, -0.05) is 51.9 Å². The van der Waals surface area contributed by atoms with E-state index < -0.39 is 0 Å². The molecule has 0 fully saturated rings. The van der Waals surface area contributed by atoms with Crippen LogP contribution in [0.2, 0.25) is 0 Å². The summed E-state index contributed by atoms with van der Waals surface area (Å²) in [6.45, 7) is 8.23. The first kappa shape index (κ1) is 21.5. The highest BCUT2D eigenvalue weighted by Gasteiger charge is 2.34. The van der Waals surface area contributed by atoms with Crippen molar-refractivity contribution in [3.8, 4) is 0 Å². The SMILES string of the molecule is CCCCCCCCCCC1=C(C)C(=O)C(OCC)=C(OCC)C1=O. The van der Waals surface area contributed by atoms with E-state index in [1.165, 1.54) is 38.5 Å². The summed E-state index contributed by atoms with van der Waals surface area (Å²) in [5.74, 6) is -0.217. The number of ether oxygens (including phenoxy) is 2. The zero-order valence-electron chi connectivity index (χ0n) is 16.4. The third-order valence-corrected chi connectivity index (χ3v) is 4.54. The first-order valence-electron chi connectivity index (χ1n) is 9.87. The number of hydrogen-bond acceptors (Lipinski definition) is 4. The van der Waals surface area contributed by atoms with E-state index in [-0.39, 0.29) is 23.1 Å². The number of carbonyl (C=O) groups excluding carboxylic acids is 2. The molecule has 0 amide bonds.